The van der Waals surface area contributed by atoms with Gasteiger partial charge >= 0.3 is 0 Å². The zero-order chi connectivity index (χ0) is 12.3. The highest BCUT2D eigenvalue weighted by Gasteiger charge is 2.10. The average Bonchev–Trinajstić information content (AvgIpc) is 2.82. The number of anilines is 1. The van der Waals surface area contributed by atoms with Gasteiger partial charge in [-0.1, -0.05) is 11.6 Å². The number of H-pyrrole nitrogens is 1. The summed E-state index contributed by atoms with van der Waals surface area (Å²) in [6.45, 7) is 0. The van der Waals surface area contributed by atoms with Crippen LogP contribution >= 0.6 is 23.2 Å². The van der Waals surface area contributed by atoms with Crippen molar-refractivity contribution in [3.8, 4) is 11.3 Å². The van der Waals surface area contributed by atoms with Gasteiger partial charge in [-0.25, -0.2) is 4.98 Å². The van der Waals surface area contributed by atoms with Gasteiger partial charge in [-0.2, -0.15) is 5.10 Å². The minimum Gasteiger partial charge on any atom is -0.324 e. The summed E-state index contributed by atoms with van der Waals surface area (Å²) >= 11 is 11.2. The Morgan fingerprint density at radius 1 is 1.53 bits per heavy atom. The smallest absolute Gasteiger partial charge is 0.239 e. The number of nitrogens with one attached hydrogen (secondary N) is 2. The number of nitrogens with zero attached hydrogens (tertiary/aromatic N) is 2. The lowest BCUT2D eigenvalue weighted by atomic mass is 10.2. The van der Waals surface area contributed by atoms with Gasteiger partial charge in [0.1, 0.15) is 11.0 Å². The number of aromatic amines is 1. The molecule has 0 fully saturated rings. The molecule has 0 aliphatic carbocycles. The summed E-state index contributed by atoms with van der Waals surface area (Å²) in [5.74, 6) is -0.433. The predicted molar refractivity (Wildman–Crippen MR) is 66.2 cm³/mol. The molecule has 0 saturated heterocycles. The van der Waals surface area contributed by atoms with Gasteiger partial charge in [-0.15, -0.1) is 11.6 Å². The summed E-state index contributed by atoms with van der Waals surface area (Å²) < 4.78 is 0. The van der Waals surface area contributed by atoms with Crippen molar-refractivity contribution in [1.82, 2.24) is 15.2 Å². The van der Waals surface area contributed by atoms with E-state index in [1.807, 2.05) is 0 Å². The Bertz CT molecular complexity index is 527. The molecule has 0 atom stereocenters. The molecule has 0 saturated carbocycles. The zero-order valence-corrected chi connectivity index (χ0v) is 10.1. The number of aromatic nitrogens is 3. The minimum atomic E-state index is -0.310. The fraction of sp³-hybridized carbons (Fsp3) is 0.100. The monoisotopic (exact) mass is 270 g/mol. The topological polar surface area (TPSA) is 70.7 Å². The molecular weight excluding hydrogens is 263 g/mol. The maximum atomic E-state index is 11.3. The highest BCUT2D eigenvalue weighted by atomic mass is 35.5. The number of carbonyl (C=O) groups is 1. The maximum absolute atomic E-state index is 11.3. The first kappa shape index (κ1) is 11.9. The molecule has 0 unspecified atom stereocenters. The summed E-state index contributed by atoms with van der Waals surface area (Å²) in [6.07, 6.45) is 3.16. The summed E-state index contributed by atoms with van der Waals surface area (Å²) in [4.78, 5) is 15.2. The van der Waals surface area contributed by atoms with Crippen molar-refractivity contribution in [2.75, 3.05) is 11.2 Å². The third-order valence-electron chi connectivity index (χ3n) is 2.06. The maximum Gasteiger partial charge on any atom is 0.239 e. The molecule has 0 radical (unpaired) electrons. The Labute approximate surface area is 107 Å². The number of pyridine rings is 1. The molecule has 2 aromatic rings. The molecule has 0 aliphatic rings. The lowest BCUT2D eigenvalue weighted by molar-refractivity contribution is -0.113. The summed E-state index contributed by atoms with van der Waals surface area (Å²) in [5, 5.41) is 9.56. The highest BCUT2D eigenvalue weighted by Crippen LogP contribution is 2.27. The van der Waals surface area contributed by atoms with Crippen LogP contribution in [-0.2, 0) is 4.79 Å². The van der Waals surface area contributed by atoms with Crippen molar-refractivity contribution in [3.05, 3.63) is 29.7 Å². The van der Waals surface area contributed by atoms with Gasteiger partial charge in [0, 0.05) is 18.0 Å². The van der Waals surface area contributed by atoms with E-state index in [0.717, 1.165) is 5.69 Å². The van der Waals surface area contributed by atoms with Crippen molar-refractivity contribution in [1.29, 1.82) is 0 Å². The van der Waals surface area contributed by atoms with E-state index in [0.29, 0.717) is 11.3 Å². The lowest BCUT2D eigenvalue weighted by Crippen LogP contribution is -2.13. The minimum absolute atomic E-state index is 0.123. The van der Waals surface area contributed by atoms with E-state index in [9.17, 15) is 4.79 Å². The van der Waals surface area contributed by atoms with E-state index < -0.39 is 0 Å². The van der Waals surface area contributed by atoms with Crippen molar-refractivity contribution in [3.63, 3.8) is 0 Å². The van der Waals surface area contributed by atoms with E-state index in [2.05, 4.69) is 20.5 Å². The molecule has 0 bridgehead atoms. The van der Waals surface area contributed by atoms with Crippen LogP contribution in [-0.4, -0.2) is 27.0 Å². The third kappa shape index (κ3) is 2.75. The van der Waals surface area contributed by atoms with E-state index in [-0.39, 0.29) is 16.9 Å². The van der Waals surface area contributed by atoms with E-state index in [1.165, 1.54) is 0 Å². The molecule has 7 heteroatoms. The summed E-state index contributed by atoms with van der Waals surface area (Å²) in [5.41, 5.74) is 1.98. The number of hydrogen-bond acceptors (Lipinski definition) is 3. The van der Waals surface area contributed by atoms with Gasteiger partial charge in [0.05, 0.1) is 11.4 Å². The molecule has 2 N–H and O–H groups in total. The van der Waals surface area contributed by atoms with Gasteiger partial charge in [0.25, 0.3) is 0 Å². The molecule has 2 aromatic heterocycles. The molecule has 0 spiro atoms. The lowest BCUT2D eigenvalue weighted by Gasteiger charge is -2.08. The zero-order valence-electron chi connectivity index (χ0n) is 8.58. The summed E-state index contributed by atoms with van der Waals surface area (Å²) in [6, 6.07) is 3.32. The average molecular weight is 271 g/mol. The first-order valence-corrected chi connectivity index (χ1v) is 5.63. The Kier molecular flexibility index (Phi) is 3.61. The SMILES string of the molecule is O=C(CCl)Nc1cc(Cl)ncc1-c1ccn[nH]1. The summed E-state index contributed by atoms with van der Waals surface area (Å²) in [7, 11) is 0. The van der Waals surface area contributed by atoms with Crippen LogP contribution in [0.25, 0.3) is 11.3 Å². The quantitative estimate of drug-likeness (QED) is 0.664. The van der Waals surface area contributed by atoms with Crippen molar-refractivity contribution in [2.24, 2.45) is 0 Å². The van der Waals surface area contributed by atoms with E-state index in [1.54, 1.807) is 24.5 Å². The molecular formula is C10H8Cl2N4O. The van der Waals surface area contributed by atoms with Crippen LogP contribution in [0.3, 0.4) is 0 Å². The van der Waals surface area contributed by atoms with Gasteiger partial charge in [0.2, 0.25) is 5.91 Å². The van der Waals surface area contributed by atoms with Crippen LogP contribution in [0.2, 0.25) is 5.15 Å². The number of amides is 1. The van der Waals surface area contributed by atoms with Crippen molar-refractivity contribution >= 4 is 34.8 Å². The standard InChI is InChI=1S/C10H8Cl2N4O/c11-4-10(17)15-8-3-9(12)13-5-6(8)7-1-2-14-16-7/h1-3,5H,4H2,(H,14,16)(H,13,15,17). The van der Waals surface area contributed by atoms with Crippen LogP contribution in [0.4, 0.5) is 5.69 Å². The molecule has 88 valence electrons. The highest BCUT2D eigenvalue weighted by molar-refractivity contribution is 6.30. The van der Waals surface area contributed by atoms with Crippen LogP contribution in [0.5, 0.6) is 0 Å². The van der Waals surface area contributed by atoms with Crippen LogP contribution in [0.1, 0.15) is 0 Å². The van der Waals surface area contributed by atoms with Crippen molar-refractivity contribution < 1.29 is 4.79 Å². The van der Waals surface area contributed by atoms with Gasteiger partial charge in [-0.3, -0.25) is 9.89 Å². The molecule has 5 nitrogen and oxygen atoms in total. The molecule has 2 rings (SSSR count). The fourth-order valence-electron chi connectivity index (χ4n) is 1.34. The van der Waals surface area contributed by atoms with Crippen molar-refractivity contribution in [2.45, 2.75) is 0 Å². The second kappa shape index (κ2) is 5.16. The molecule has 17 heavy (non-hydrogen) atoms. The van der Waals surface area contributed by atoms with E-state index >= 15 is 0 Å². The third-order valence-corrected chi connectivity index (χ3v) is 2.51. The normalized spacial score (nSPS) is 10.2. The number of rotatable bonds is 3. The van der Waals surface area contributed by atoms with Gasteiger partial charge in [-0.05, 0) is 12.1 Å². The second-order valence-corrected chi connectivity index (χ2v) is 3.86. The Morgan fingerprint density at radius 2 is 2.35 bits per heavy atom. The van der Waals surface area contributed by atoms with Crippen LogP contribution < -0.4 is 5.32 Å². The fourth-order valence-corrected chi connectivity index (χ4v) is 1.56. The predicted octanol–water partition coefficient (Wildman–Crippen LogP) is 2.30. The van der Waals surface area contributed by atoms with E-state index in [4.69, 9.17) is 23.2 Å². The van der Waals surface area contributed by atoms with Crippen LogP contribution in [0.15, 0.2) is 24.5 Å². The number of carbonyl (C=O) groups excluding carboxylic acids is 1. The van der Waals surface area contributed by atoms with Gasteiger partial charge in [0.15, 0.2) is 0 Å². The first-order chi connectivity index (χ1) is 8.20. The molecule has 1 amide bonds. The second-order valence-electron chi connectivity index (χ2n) is 3.20. The largest absolute Gasteiger partial charge is 0.324 e. The first-order valence-electron chi connectivity index (χ1n) is 4.72. The Morgan fingerprint density at radius 3 is 3.00 bits per heavy atom. The van der Waals surface area contributed by atoms with Gasteiger partial charge < -0.3 is 5.32 Å². The Hall–Kier alpha value is -1.59. The molecule has 0 aromatic carbocycles. The number of halogens is 2. The Balaban J connectivity index is 2.41. The molecule has 2 heterocycles. The number of alkyl halides is 1. The number of hydrogen-bond donors (Lipinski definition) is 2. The molecule has 0 aliphatic heterocycles. The van der Waals surface area contributed by atoms with Crippen LogP contribution in [0, 0.1) is 0 Å².